The van der Waals surface area contributed by atoms with Crippen LogP contribution in [0.1, 0.15) is 37.7 Å². The summed E-state index contributed by atoms with van der Waals surface area (Å²) >= 11 is 6.14. The first-order valence-electron chi connectivity index (χ1n) is 8.64. The zero-order chi connectivity index (χ0) is 16.1. The third kappa shape index (κ3) is 4.61. The molecule has 1 heterocycles. The Morgan fingerprint density at radius 1 is 1.22 bits per heavy atom. The van der Waals surface area contributed by atoms with Crippen LogP contribution in [0, 0.1) is 0 Å². The van der Waals surface area contributed by atoms with Gasteiger partial charge in [-0.15, -0.1) is 0 Å². The maximum atomic E-state index is 12.3. The Kier molecular flexibility index (Phi) is 5.79. The predicted octanol–water partition coefficient (Wildman–Crippen LogP) is 3.63. The van der Waals surface area contributed by atoms with E-state index in [9.17, 15) is 4.79 Å². The molecule has 1 unspecified atom stereocenters. The standard InChI is InChI=1S/C18H25ClN2O2/c19-17-9-2-1-5-14(17)10-11-20-18(22)21-12-4-8-16(13-21)23-15-6-3-7-15/h1-2,5,9,15-16H,3-4,6-8,10-13H2,(H,20,22). The molecule has 0 aromatic heterocycles. The maximum Gasteiger partial charge on any atom is 0.317 e. The minimum atomic E-state index is 0.0129. The average Bonchev–Trinajstić information content (AvgIpc) is 2.53. The second kappa shape index (κ2) is 8.02. The summed E-state index contributed by atoms with van der Waals surface area (Å²) in [4.78, 5) is 14.2. The normalized spacial score (nSPS) is 21.8. The molecule has 0 radical (unpaired) electrons. The van der Waals surface area contributed by atoms with Crippen LogP contribution in [0.15, 0.2) is 24.3 Å². The van der Waals surface area contributed by atoms with Crippen molar-refractivity contribution in [2.45, 2.75) is 50.7 Å². The smallest absolute Gasteiger partial charge is 0.317 e. The maximum absolute atomic E-state index is 12.3. The number of hydrogen-bond donors (Lipinski definition) is 1. The minimum absolute atomic E-state index is 0.0129. The number of nitrogens with one attached hydrogen (secondary N) is 1. The third-order valence-electron chi connectivity index (χ3n) is 4.73. The van der Waals surface area contributed by atoms with Gasteiger partial charge in [0.25, 0.3) is 0 Å². The third-order valence-corrected chi connectivity index (χ3v) is 5.10. The Labute approximate surface area is 143 Å². The number of carbonyl (C=O) groups excluding carboxylic acids is 1. The second-order valence-electron chi connectivity index (χ2n) is 6.47. The average molecular weight is 337 g/mol. The number of ether oxygens (including phenoxy) is 1. The molecule has 23 heavy (non-hydrogen) atoms. The SMILES string of the molecule is O=C(NCCc1ccccc1Cl)N1CCCC(OC2CCC2)C1. The number of benzene rings is 1. The first-order chi connectivity index (χ1) is 11.2. The van der Waals surface area contributed by atoms with Gasteiger partial charge in [0, 0.05) is 24.7 Å². The highest BCUT2D eigenvalue weighted by molar-refractivity contribution is 6.31. The highest BCUT2D eigenvalue weighted by Gasteiger charge is 2.28. The fourth-order valence-electron chi connectivity index (χ4n) is 3.13. The number of likely N-dealkylation sites (tertiary alicyclic amines) is 1. The minimum Gasteiger partial charge on any atom is -0.373 e. The van der Waals surface area contributed by atoms with E-state index in [0.717, 1.165) is 36.4 Å². The van der Waals surface area contributed by atoms with Gasteiger partial charge in [-0.25, -0.2) is 4.79 Å². The molecule has 0 bridgehead atoms. The molecule has 1 aromatic carbocycles. The van der Waals surface area contributed by atoms with Crippen LogP contribution in [-0.2, 0) is 11.2 Å². The highest BCUT2D eigenvalue weighted by Crippen LogP contribution is 2.26. The van der Waals surface area contributed by atoms with Crippen molar-refractivity contribution < 1.29 is 9.53 Å². The van der Waals surface area contributed by atoms with Crippen molar-refractivity contribution in [2.24, 2.45) is 0 Å². The lowest BCUT2D eigenvalue weighted by molar-refractivity contribution is -0.0720. The quantitative estimate of drug-likeness (QED) is 0.892. The monoisotopic (exact) mass is 336 g/mol. The predicted molar refractivity (Wildman–Crippen MR) is 91.9 cm³/mol. The Bertz CT molecular complexity index is 534. The van der Waals surface area contributed by atoms with E-state index in [2.05, 4.69) is 5.32 Å². The molecule has 1 aliphatic heterocycles. The van der Waals surface area contributed by atoms with Crippen LogP contribution in [0.4, 0.5) is 4.79 Å². The summed E-state index contributed by atoms with van der Waals surface area (Å²) in [5.41, 5.74) is 1.07. The van der Waals surface area contributed by atoms with Gasteiger partial charge in [0.15, 0.2) is 0 Å². The van der Waals surface area contributed by atoms with E-state index in [0.29, 0.717) is 19.2 Å². The number of nitrogens with zero attached hydrogens (tertiary/aromatic N) is 1. The molecule has 2 amide bonds. The molecule has 1 N–H and O–H groups in total. The van der Waals surface area contributed by atoms with E-state index in [-0.39, 0.29) is 12.1 Å². The summed E-state index contributed by atoms with van der Waals surface area (Å²) in [6.07, 6.45) is 7.13. The van der Waals surface area contributed by atoms with Gasteiger partial charge >= 0.3 is 6.03 Å². The number of carbonyl (C=O) groups is 1. The summed E-state index contributed by atoms with van der Waals surface area (Å²) in [7, 11) is 0. The van der Waals surface area contributed by atoms with Crippen molar-refractivity contribution in [3.63, 3.8) is 0 Å². The molecule has 4 nitrogen and oxygen atoms in total. The van der Waals surface area contributed by atoms with Gasteiger partial charge in [-0.2, -0.15) is 0 Å². The van der Waals surface area contributed by atoms with E-state index < -0.39 is 0 Å². The van der Waals surface area contributed by atoms with Gasteiger partial charge in [-0.3, -0.25) is 0 Å². The molecule has 1 saturated heterocycles. The molecule has 5 heteroatoms. The van der Waals surface area contributed by atoms with E-state index in [1.807, 2.05) is 29.2 Å². The zero-order valence-corrected chi connectivity index (χ0v) is 14.2. The molecule has 1 aromatic rings. The van der Waals surface area contributed by atoms with Crippen LogP contribution in [0.3, 0.4) is 0 Å². The molecule has 2 aliphatic rings. The van der Waals surface area contributed by atoms with Crippen molar-refractivity contribution in [1.29, 1.82) is 0 Å². The van der Waals surface area contributed by atoms with Crippen LogP contribution in [-0.4, -0.2) is 42.8 Å². The van der Waals surface area contributed by atoms with Crippen molar-refractivity contribution >= 4 is 17.6 Å². The number of hydrogen-bond acceptors (Lipinski definition) is 2. The van der Waals surface area contributed by atoms with Gasteiger partial charge in [0.05, 0.1) is 12.2 Å². The highest BCUT2D eigenvalue weighted by atomic mass is 35.5. The zero-order valence-electron chi connectivity index (χ0n) is 13.5. The van der Waals surface area contributed by atoms with Crippen molar-refractivity contribution in [1.82, 2.24) is 10.2 Å². The lowest BCUT2D eigenvalue weighted by Crippen LogP contribution is -2.49. The first-order valence-corrected chi connectivity index (χ1v) is 9.02. The largest absolute Gasteiger partial charge is 0.373 e. The molecule has 1 saturated carbocycles. The second-order valence-corrected chi connectivity index (χ2v) is 6.88. The van der Waals surface area contributed by atoms with Crippen molar-refractivity contribution in [2.75, 3.05) is 19.6 Å². The van der Waals surface area contributed by atoms with Crippen LogP contribution in [0.5, 0.6) is 0 Å². The number of urea groups is 1. The lowest BCUT2D eigenvalue weighted by Gasteiger charge is -2.37. The van der Waals surface area contributed by atoms with Gasteiger partial charge in [0.1, 0.15) is 0 Å². The van der Waals surface area contributed by atoms with E-state index >= 15 is 0 Å². The van der Waals surface area contributed by atoms with Gasteiger partial charge < -0.3 is 15.0 Å². The number of piperidine rings is 1. The van der Waals surface area contributed by atoms with E-state index in [1.165, 1.54) is 19.3 Å². The summed E-state index contributed by atoms with van der Waals surface area (Å²) in [5, 5.41) is 3.76. The molecule has 1 atom stereocenters. The lowest BCUT2D eigenvalue weighted by atomic mass is 9.95. The van der Waals surface area contributed by atoms with Gasteiger partial charge in [0.2, 0.25) is 0 Å². The van der Waals surface area contributed by atoms with E-state index in [1.54, 1.807) is 0 Å². The fraction of sp³-hybridized carbons (Fsp3) is 0.611. The Morgan fingerprint density at radius 2 is 2.00 bits per heavy atom. The summed E-state index contributed by atoms with van der Waals surface area (Å²) < 4.78 is 6.06. The Morgan fingerprint density at radius 3 is 2.74 bits per heavy atom. The fourth-order valence-corrected chi connectivity index (χ4v) is 3.36. The molecule has 2 fully saturated rings. The van der Waals surface area contributed by atoms with Crippen molar-refractivity contribution in [3.8, 4) is 0 Å². The molecule has 3 rings (SSSR count). The summed E-state index contributed by atoms with van der Waals surface area (Å²) in [6.45, 7) is 2.14. The Hall–Kier alpha value is -1.26. The van der Waals surface area contributed by atoms with Crippen LogP contribution in [0.25, 0.3) is 0 Å². The molecular weight excluding hydrogens is 312 g/mol. The first kappa shape index (κ1) is 16.6. The molecule has 1 aliphatic carbocycles. The van der Waals surface area contributed by atoms with Crippen LogP contribution < -0.4 is 5.32 Å². The number of rotatable bonds is 5. The van der Waals surface area contributed by atoms with Crippen LogP contribution in [0.2, 0.25) is 5.02 Å². The van der Waals surface area contributed by atoms with E-state index in [4.69, 9.17) is 16.3 Å². The molecule has 126 valence electrons. The van der Waals surface area contributed by atoms with Crippen molar-refractivity contribution in [3.05, 3.63) is 34.9 Å². The molecule has 0 spiro atoms. The number of amides is 2. The van der Waals surface area contributed by atoms with Crippen LogP contribution >= 0.6 is 11.6 Å². The number of halogens is 1. The topological polar surface area (TPSA) is 41.6 Å². The van der Waals surface area contributed by atoms with Gasteiger partial charge in [-0.05, 0) is 50.2 Å². The summed E-state index contributed by atoms with van der Waals surface area (Å²) in [6, 6.07) is 7.78. The Balaban J connectivity index is 1.41. The summed E-state index contributed by atoms with van der Waals surface area (Å²) in [5.74, 6) is 0. The molecular formula is C18H25ClN2O2. The van der Waals surface area contributed by atoms with Gasteiger partial charge in [-0.1, -0.05) is 29.8 Å².